The monoisotopic (exact) mass is 296 g/mol. The molecule has 0 bridgehead atoms. The summed E-state index contributed by atoms with van der Waals surface area (Å²) < 4.78 is 5.78. The SMILES string of the molecule is N#Cc1cccc(/C=C/C(=O)N2CCC3OCCCC3C2)c1. The lowest BCUT2D eigenvalue weighted by Crippen LogP contribution is -2.48. The summed E-state index contributed by atoms with van der Waals surface area (Å²) >= 11 is 0. The van der Waals surface area contributed by atoms with Crippen molar-refractivity contribution in [3.8, 4) is 6.07 Å². The maximum atomic E-state index is 12.3. The first-order valence-electron chi connectivity index (χ1n) is 7.85. The molecule has 0 radical (unpaired) electrons. The van der Waals surface area contributed by atoms with E-state index in [2.05, 4.69) is 6.07 Å². The summed E-state index contributed by atoms with van der Waals surface area (Å²) in [6.45, 7) is 2.43. The second-order valence-corrected chi connectivity index (χ2v) is 5.96. The number of hydrogen-bond donors (Lipinski definition) is 0. The van der Waals surface area contributed by atoms with Crippen LogP contribution in [0.25, 0.3) is 6.08 Å². The average molecular weight is 296 g/mol. The highest BCUT2D eigenvalue weighted by Gasteiger charge is 2.33. The lowest BCUT2D eigenvalue weighted by atomic mass is 9.88. The summed E-state index contributed by atoms with van der Waals surface area (Å²) in [6.07, 6.45) is 6.93. The number of benzene rings is 1. The van der Waals surface area contributed by atoms with Gasteiger partial charge in [0.1, 0.15) is 0 Å². The van der Waals surface area contributed by atoms with Gasteiger partial charge in [-0.1, -0.05) is 12.1 Å². The zero-order valence-corrected chi connectivity index (χ0v) is 12.6. The number of nitrogens with zero attached hydrogens (tertiary/aromatic N) is 2. The van der Waals surface area contributed by atoms with E-state index in [1.54, 1.807) is 24.3 Å². The van der Waals surface area contributed by atoms with Gasteiger partial charge in [0.05, 0.1) is 17.7 Å². The summed E-state index contributed by atoms with van der Waals surface area (Å²) in [5.41, 5.74) is 1.48. The third-order valence-electron chi connectivity index (χ3n) is 4.46. The van der Waals surface area contributed by atoms with E-state index in [0.717, 1.165) is 44.5 Å². The Bertz CT molecular complexity index is 618. The van der Waals surface area contributed by atoms with Crippen LogP contribution in [0.3, 0.4) is 0 Å². The predicted octanol–water partition coefficient (Wildman–Crippen LogP) is 2.60. The van der Waals surface area contributed by atoms with Gasteiger partial charge in [-0.05, 0) is 43.0 Å². The molecule has 0 aromatic heterocycles. The first kappa shape index (κ1) is 14.8. The third-order valence-corrected chi connectivity index (χ3v) is 4.46. The highest BCUT2D eigenvalue weighted by atomic mass is 16.5. The molecule has 3 rings (SSSR count). The number of hydrogen-bond acceptors (Lipinski definition) is 3. The molecule has 2 aliphatic rings. The molecule has 2 fully saturated rings. The highest BCUT2D eigenvalue weighted by molar-refractivity contribution is 5.91. The molecule has 22 heavy (non-hydrogen) atoms. The Kier molecular flexibility index (Phi) is 4.55. The smallest absolute Gasteiger partial charge is 0.246 e. The molecule has 0 spiro atoms. The maximum absolute atomic E-state index is 12.3. The number of ether oxygens (including phenoxy) is 1. The van der Waals surface area contributed by atoms with E-state index >= 15 is 0 Å². The van der Waals surface area contributed by atoms with Gasteiger partial charge in [0.25, 0.3) is 0 Å². The largest absolute Gasteiger partial charge is 0.378 e. The summed E-state index contributed by atoms with van der Waals surface area (Å²) in [6, 6.07) is 9.37. The van der Waals surface area contributed by atoms with Crippen LogP contribution in [0, 0.1) is 17.2 Å². The van der Waals surface area contributed by atoms with Crippen molar-refractivity contribution in [3.63, 3.8) is 0 Å². The molecular weight excluding hydrogens is 276 g/mol. The number of amides is 1. The zero-order valence-electron chi connectivity index (χ0n) is 12.6. The van der Waals surface area contributed by atoms with Gasteiger partial charge in [-0.3, -0.25) is 4.79 Å². The number of piperidine rings is 1. The average Bonchev–Trinajstić information content (AvgIpc) is 2.59. The van der Waals surface area contributed by atoms with Gasteiger partial charge in [-0.15, -0.1) is 0 Å². The van der Waals surface area contributed by atoms with Crippen molar-refractivity contribution in [2.24, 2.45) is 5.92 Å². The molecule has 4 nitrogen and oxygen atoms in total. The molecule has 2 unspecified atom stereocenters. The number of rotatable bonds is 2. The fourth-order valence-electron chi connectivity index (χ4n) is 3.27. The van der Waals surface area contributed by atoms with Crippen LogP contribution in [0.15, 0.2) is 30.3 Å². The van der Waals surface area contributed by atoms with Gasteiger partial charge in [0.2, 0.25) is 5.91 Å². The van der Waals surface area contributed by atoms with E-state index in [4.69, 9.17) is 10.00 Å². The molecule has 1 aromatic carbocycles. The topological polar surface area (TPSA) is 53.3 Å². The fraction of sp³-hybridized carbons (Fsp3) is 0.444. The minimum absolute atomic E-state index is 0.0476. The van der Waals surface area contributed by atoms with Crippen molar-refractivity contribution in [1.29, 1.82) is 5.26 Å². The second-order valence-electron chi connectivity index (χ2n) is 5.96. The molecule has 2 heterocycles. The first-order chi connectivity index (χ1) is 10.8. The normalized spacial score (nSPS) is 24.8. The van der Waals surface area contributed by atoms with E-state index < -0.39 is 0 Å². The van der Waals surface area contributed by atoms with Gasteiger partial charge in [-0.25, -0.2) is 0 Å². The van der Waals surface area contributed by atoms with E-state index in [1.165, 1.54) is 0 Å². The number of nitriles is 1. The van der Waals surface area contributed by atoms with Crippen molar-refractivity contribution in [2.75, 3.05) is 19.7 Å². The van der Waals surface area contributed by atoms with E-state index in [9.17, 15) is 4.79 Å². The molecule has 2 saturated heterocycles. The van der Waals surface area contributed by atoms with Gasteiger partial charge in [0.15, 0.2) is 0 Å². The first-order valence-corrected chi connectivity index (χ1v) is 7.85. The van der Waals surface area contributed by atoms with Crippen molar-refractivity contribution in [1.82, 2.24) is 4.90 Å². The molecule has 114 valence electrons. The molecule has 1 amide bonds. The van der Waals surface area contributed by atoms with Gasteiger partial charge in [-0.2, -0.15) is 5.26 Å². The van der Waals surface area contributed by atoms with Crippen molar-refractivity contribution in [2.45, 2.75) is 25.4 Å². The third kappa shape index (κ3) is 3.37. The molecule has 2 aliphatic heterocycles. The Morgan fingerprint density at radius 2 is 2.32 bits per heavy atom. The Labute approximate surface area is 131 Å². The fourth-order valence-corrected chi connectivity index (χ4v) is 3.27. The lowest BCUT2D eigenvalue weighted by Gasteiger charge is -2.40. The number of carbonyl (C=O) groups is 1. The number of carbonyl (C=O) groups excluding carboxylic acids is 1. The van der Waals surface area contributed by atoms with Crippen molar-refractivity contribution in [3.05, 3.63) is 41.5 Å². The molecule has 0 N–H and O–H groups in total. The van der Waals surface area contributed by atoms with Crippen LogP contribution in [0.5, 0.6) is 0 Å². The molecule has 1 aromatic rings. The van der Waals surface area contributed by atoms with Gasteiger partial charge < -0.3 is 9.64 Å². The van der Waals surface area contributed by atoms with Crippen LogP contribution in [0.4, 0.5) is 0 Å². The Balaban J connectivity index is 1.62. The summed E-state index contributed by atoms with van der Waals surface area (Å²) in [5, 5.41) is 8.89. The van der Waals surface area contributed by atoms with E-state index in [1.807, 2.05) is 17.0 Å². The Morgan fingerprint density at radius 1 is 1.41 bits per heavy atom. The highest BCUT2D eigenvalue weighted by Crippen LogP contribution is 2.28. The van der Waals surface area contributed by atoms with Crippen LogP contribution in [0.1, 0.15) is 30.4 Å². The maximum Gasteiger partial charge on any atom is 0.246 e. The van der Waals surface area contributed by atoms with Gasteiger partial charge >= 0.3 is 0 Å². The quantitative estimate of drug-likeness (QED) is 0.788. The standard InChI is InChI=1S/C18H20N2O2/c19-12-15-4-1-3-14(11-15)6-7-18(21)20-9-8-17-16(13-20)5-2-10-22-17/h1,3-4,6-7,11,16-17H,2,5,8-10,13H2/b7-6+. The molecule has 0 saturated carbocycles. The van der Waals surface area contributed by atoms with Crippen LogP contribution < -0.4 is 0 Å². The molecular formula is C18H20N2O2. The molecule has 4 heteroatoms. The van der Waals surface area contributed by atoms with Crippen molar-refractivity contribution >= 4 is 12.0 Å². The second kappa shape index (κ2) is 6.76. The van der Waals surface area contributed by atoms with Gasteiger partial charge in [0, 0.05) is 31.7 Å². The summed E-state index contributed by atoms with van der Waals surface area (Å²) in [7, 11) is 0. The molecule has 2 atom stereocenters. The van der Waals surface area contributed by atoms with E-state index in [0.29, 0.717) is 17.6 Å². The Morgan fingerprint density at radius 3 is 3.18 bits per heavy atom. The molecule has 0 aliphatic carbocycles. The minimum atomic E-state index is 0.0476. The Hall–Kier alpha value is -2.12. The van der Waals surface area contributed by atoms with Crippen LogP contribution >= 0.6 is 0 Å². The minimum Gasteiger partial charge on any atom is -0.378 e. The summed E-state index contributed by atoms with van der Waals surface area (Å²) in [4.78, 5) is 14.3. The number of likely N-dealkylation sites (tertiary alicyclic amines) is 1. The predicted molar refractivity (Wildman–Crippen MR) is 83.9 cm³/mol. The van der Waals surface area contributed by atoms with Crippen LogP contribution in [0.2, 0.25) is 0 Å². The van der Waals surface area contributed by atoms with Crippen LogP contribution in [-0.2, 0) is 9.53 Å². The van der Waals surface area contributed by atoms with Crippen molar-refractivity contribution < 1.29 is 9.53 Å². The zero-order chi connectivity index (χ0) is 15.4. The van der Waals surface area contributed by atoms with Crippen LogP contribution in [-0.4, -0.2) is 36.6 Å². The van der Waals surface area contributed by atoms with E-state index in [-0.39, 0.29) is 5.91 Å². The lowest BCUT2D eigenvalue weighted by molar-refractivity contribution is -0.133. The number of fused-ring (bicyclic) bond motifs is 1. The summed E-state index contributed by atoms with van der Waals surface area (Å²) in [5.74, 6) is 0.535.